The van der Waals surface area contributed by atoms with E-state index in [2.05, 4.69) is 15.9 Å². The number of rotatable bonds is 5. The quantitative estimate of drug-likeness (QED) is 0.868. The molecule has 1 unspecified atom stereocenters. The first-order valence-electron chi connectivity index (χ1n) is 6.68. The van der Waals surface area contributed by atoms with Crippen LogP contribution in [0.3, 0.4) is 0 Å². The van der Waals surface area contributed by atoms with Crippen molar-refractivity contribution < 1.29 is 14.3 Å². The first kappa shape index (κ1) is 15.7. The summed E-state index contributed by atoms with van der Waals surface area (Å²) in [7, 11) is 0. The van der Waals surface area contributed by atoms with Crippen molar-refractivity contribution in [2.75, 3.05) is 0 Å². The Hall–Kier alpha value is -1.68. The van der Waals surface area contributed by atoms with E-state index in [1.165, 1.54) is 12.1 Å². The normalized spacial score (nSPS) is 12.1. The van der Waals surface area contributed by atoms with Crippen LogP contribution < -0.4 is 0 Å². The molecular weight excluding hydrogens is 335 g/mol. The molecule has 2 nitrogen and oxygen atoms in total. The average Bonchev–Trinajstić information content (AvgIpc) is 2.42. The topological polar surface area (TPSA) is 37.3 Å². The van der Waals surface area contributed by atoms with E-state index < -0.39 is 11.9 Å². The summed E-state index contributed by atoms with van der Waals surface area (Å²) in [5, 5.41) is 9.44. The van der Waals surface area contributed by atoms with E-state index >= 15 is 0 Å². The number of carboxylic acids is 1. The second-order valence-electron chi connectivity index (χ2n) is 5.11. The van der Waals surface area contributed by atoms with Crippen molar-refractivity contribution in [1.82, 2.24) is 0 Å². The second kappa shape index (κ2) is 6.85. The van der Waals surface area contributed by atoms with Gasteiger partial charge < -0.3 is 5.11 Å². The molecule has 0 aliphatic rings. The summed E-state index contributed by atoms with van der Waals surface area (Å²) in [6, 6.07) is 12.1. The molecule has 0 amide bonds. The summed E-state index contributed by atoms with van der Waals surface area (Å²) in [5.74, 6) is -1.71. The number of carbonyl (C=O) groups is 1. The fourth-order valence-electron chi connectivity index (χ4n) is 2.30. The molecule has 110 valence electrons. The molecule has 0 aliphatic carbocycles. The van der Waals surface area contributed by atoms with E-state index in [9.17, 15) is 14.3 Å². The molecule has 0 spiro atoms. The van der Waals surface area contributed by atoms with Crippen LogP contribution in [0.15, 0.2) is 46.9 Å². The molecule has 0 fully saturated rings. The summed E-state index contributed by atoms with van der Waals surface area (Å²) in [6.45, 7) is 1.97. The molecule has 0 saturated heterocycles. The summed E-state index contributed by atoms with van der Waals surface area (Å²) >= 11 is 3.29. The Kier molecular flexibility index (Phi) is 5.12. The van der Waals surface area contributed by atoms with Crippen LogP contribution in [0.1, 0.15) is 16.7 Å². The summed E-state index contributed by atoms with van der Waals surface area (Å²) in [4.78, 5) is 11.5. The number of aliphatic carboxylic acids is 1. The lowest BCUT2D eigenvalue weighted by atomic mass is 9.91. The molecule has 2 aromatic carbocycles. The number of benzene rings is 2. The standard InChI is InChI=1S/C17H16BrFO2/c1-11-4-2-3-5-12(11)8-14(17(20)21)9-13-6-7-15(19)10-16(13)18/h2-7,10,14H,8-9H2,1H3,(H,20,21). The van der Waals surface area contributed by atoms with Crippen molar-refractivity contribution in [1.29, 1.82) is 0 Å². The van der Waals surface area contributed by atoms with E-state index in [-0.39, 0.29) is 5.82 Å². The van der Waals surface area contributed by atoms with Crippen molar-refractivity contribution >= 4 is 21.9 Å². The largest absolute Gasteiger partial charge is 0.481 e. The van der Waals surface area contributed by atoms with Gasteiger partial charge in [0.2, 0.25) is 0 Å². The number of carboxylic acid groups (broad SMARTS) is 1. The average molecular weight is 351 g/mol. The summed E-state index contributed by atoms with van der Waals surface area (Å²) in [5.41, 5.74) is 2.92. The van der Waals surface area contributed by atoms with Gasteiger partial charge in [0, 0.05) is 4.47 Å². The van der Waals surface area contributed by atoms with Gasteiger partial charge in [-0.3, -0.25) is 4.79 Å². The van der Waals surface area contributed by atoms with Gasteiger partial charge in [-0.1, -0.05) is 46.3 Å². The molecule has 0 bridgehead atoms. The first-order chi connectivity index (χ1) is 9.97. The summed E-state index contributed by atoms with van der Waals surface area (Å²) < 4.78 is 13.7. The molecule has 0 saturated carbocycles. The van der Waals surface area contributed by atoms with Gasteiger partial charge >= 0.3 is 5.97 Å². The lowest BCUT2D eigenvalue weighted by Gasteiger charge is -2.15. The van der Waals surface area contributed by atoms with Crippen LogP contribution in [0.2, 0.25) is 0 Å². The van der Waals surface area contributed by atoms with E-state index in [4.69, 9.17) is 0 Å². The zero-order valence-corrected chi connectivity index (χ0v) is 13.2. The van der Waals surface area contributed by atoms with Crippen LogP contribution in [0.5, 0.6) is 0 Å². The van der Waals surface area contributed by atoms with Crippen molar-refractivity contribution in [3.05, 3.63) is 69.4 Å². The van der Waals surface area contributed by atoms with Crippen molar-refractivity contribution in [2.45, 2.75) is 19.8 Å². The minimum Gasteiger partial charge on any atom is -0.481 e. The van der Waals surface area contributed by atoms with Gasteiger partial charge in [-0.15, -0.1) is 0 Å². The van der Waals surface area contributed by atoms with Crippen LogP contribution in [0.4, 0.5) is 4.39 Å². The van der Waals surface area contributed by atoms with Crippen LogP contribution in [-0.2, 0) is 17.6 Å². The lowest BCUT2D eigenvalue weighted by molar-refractivity contribution is -0.141. The minimum absolute atomic E-state index is 0.337. The minimum atomic E-state index is -0.838. The molecule has 4 heteroatoms. The predicted molar refractivity (Wildman–Crippen MR) is 83.8 cm³/mol. The summed E-state index contributed by atoms with van der Waals surface area (Å²) in [6.07, 6.45) is 0.830. The van der Waals surface area contributed by atoms with Gasteiger partial charge in [0.05, 0.1) is 5.92 Å². The Morgan fingerprint density at radius 2 is 1.86 bits per heavy atom. The number of halogens is 2. The van der Waals surface area contributed by atoms with Crippen molar-refractivity contribution in [3.63, 3.8) is 0 Å². The zero-order chi connectivity index (χ0) is 15.4. The van der Waals surface area contributed by atoms with E-state index in [1.54, 1.807) is 6.07 Å². The molecule has 0 aliphatic heterocycles. The fourth-order valence-corrected chi connectivity index (χ4v) is 2.82. The van der Waals surface area contributed by atoms with E-state index in [0.29, 0.717) is 17.3 Å². The zero-order valence-electron chi connectivity index (χ0n) is 11.6. The Balaban J connectivity index is 2.20. The van der Waals surface area contributed by atoms with Crippen LogP contribution >= 0.6 is 15.9 Å². The van der Waals surface area contributed by atoms with Crippen LogP contribution in [-0.4, -0.2) is 11.1 Å². The Morgan fingerprint density at radius 1 is 1.19 bits per heavy atom. The molecule has 1 N–H and O–H groups in total. The lowest BCUT2D eigenvalue weighted by Crippen LogP contribution is -2.20. The fraction of sp³-hybridized carbons (Fsp3) is 0.235. The monoisotopic (exact) mass is 350 g/mol. The smallest absolute Gasteiger partial charge is 0.307 e. The van der Waals surface area contributed by atoms with E-state index in [1.807, 2.05) is 31.2 Å². The van der Waals surface area contributed by atoms with Crippen molar-refractivity contribution in [3.8, 4) is 0 Å². The predicted octanol–water partition coefficient (Wildman–Crippen LogP) is 4.38. The van der Waals surface area contributed by atoms with Gasteiger partial charge in [0.25, 0.3) is 0 Å². The number of hydrogen-bond acceptors (Lipinski definition) is 1. The van der Waals surface area contributed by atoms with Crippen molar-refractivity contribution in [2.24, 2.45) is 5.92 Å². The Morgan fingerprint density at radius 3 is 2.48 bits per heavy atom. The van der Waals surface area contributed by atoms with Crippen LogP contribution in [0, 0.1) is 18.7 Å². The van der Waals surface area contributed by atoms with E-state index in [0.717, 1.165) is 16.7 Å². The highest BCUT2D eigenvalue weighted by molar-refractivity contribution is 9.10. The first-order valence-corrected chi connectivity index (χ1v) is 7.48. The van der Waals surface area contributed by atoms with Gasteiger partial charge in [0.15, 0.2) is 0 Å². The third-order valence-corrected chi connectivity index (χ3v) is 4.30. The SMILES string of the molecule is Cc1ccccc1CC(Cc1ccc(F)cc1Br)C(=O)O. The number of hydrogen-bond donors (Lipinski definition) is 1. The highest BCUT2D eigenvalue weighted by Crippen LogP contribution is 2.24. The van der Waals surface area contributed by atoms with Gasteiger partial charge in [0.1, 0.15) is 5.82 Å². The molecule has 0 heterocycles. The molecule has 1 atom stereocenters. The molecule has 2 rings (SSSR count). The molecule has 21 heavy (non-hydrogen) atoms. The maximum Gasteiger partial charge on any atom is 0.307 e. The highest BCUT2D eigenvalue weighted by atomic mass is 79.9. The Bertz CT molecular complexity index is 655. The molecule has 2 aromatic rings. The van der Waals surface area contributed by atoms with Crippen LogP contribution in [0.25, 0.3) is 0 Å². The molecular formula is C17H16BrFO2. The van der Waals surface area contributed by atoms with Gasteiger partial charge in [-0.2, -0.15) is 0 Å². The second-order valence-corrected chi connectivity index (χ2v) is 5.96. The molecule has 0 aromatic heterocycles. The molecule has 0 radical (unpaired) electrons. The third kappa shape index (κ3) is 4.14. The maximum absolute atomic E-state index is 13.1. The van der Waals surface area contributed by atoms with Gasteiger partial charge in [-0.05, 0) is 48.6 Å². The Labute approximate surface area is 131 Å². The number of aryl methyl sites for hydroxylation is 1. The highest BCUT2D eigenvalue weighted by Gasteiger charge is 2.20. The van der Waals surface area contributed by atoms with Gasteiger partial charge in [-0.25, -0.2) is 4.39 Å². The maximum atomic E-state index is 13.1. The third-order valence-electron chi connectivity index (χ3n) is 3.56.